The van der Waals surface area contributed by atoms with E-state index >= 15 is 0 Å². The van der Waals surface area contributed by atoms with Crippen molar-refractivity contribution >= 4 is 24.3 Å². The van der Waals surface area contributed by atoms with E-state index in [2.05, 4.69) is 43.1 Å². The summed E-state index contributed by atoms with van der Waals surface area (Å²) < 4.78 is 2.03. The van der Waals surface area contributed by atoms with Gasteiger partial charge in [-0.25, -0.2) is 0 Å². The van der Waals surface area contributed by atoms with Crippen LogP contribution in [0.2, 0.25) is 0 Å². The second-order valence-electron chi connectivity index (χ2n) is 7.77. The van der Waals surface area contributed by atoms with Crippen LogP contribution in [0.3, 0.4) is 0 Å². The number of aliphatic imine (C=N–C) groups is 1. The lowest BCUT2D eigenvalue weighted by Crippen LogP contribution is -2.34. The Morgan fingerprint density at radius 2 is 1.90 bits per heavy atom. The monoisotopic (exact) mass is 388 g/mol. The minimum absolute atomic E-state index is 0.0773. The van der Waals surface area contributed by atoms with Crippen LogP contribution in [0.4, 0.5) is 5.69 Å². The highest BCUT2D eigenvalue weighted by Gasteiger charge is 2.29. The number of nitriles is 1. The fourth-order valence-corrected chi connectivity index (χ4v) is 4.13. The zero-order chi connectivity index (χ0) is 21.0. The molecule has 1 aliphatic heterocycles. The van der Waals surface area contributed by atoms with Crippen LogP contribution < -0.4 is 0 Å². The molecule has 0 aliphatic carbocycles. The van der Waals surface area contributed by atoms with Gasteiger partial charge < -0.3 is 4.57 Å². The van der Waals surface area contributed by atoms with Gasteiger partial charge in [0.05, 0.1) is 35.1 Å². The third kappa shape index (κ3) is 4.08. The number of hydrogen-bond donors (Lipinski definition) is 0. The molecule has 0 unspecified atom stereocenters. The number of carbonyl (C=O) groups excluding carboxylic acids is 1. The van der Waals surface area contributed by atoms with Gasteiger partial charge in [0.2, 0.25) is 0 Å². The van der Waals surface area contributed by atoms with E-state index in [1.54, 1.807) is 18.2 Å². The van der Waals surface area contributed by atoms with Crippen molar-refractivity contribution in [3.05, 3.63) is 53.4 Å². The number of piperidine rings is 1. The van der Waals surface area contributed by atoms with Gasteiger partial charge in [0.1, 0.15) is 0 Å². The van der Waals surface area contributed by atoms with Gasteiger partial charge in [0.15, 0.2) is 5.78 Å². The molecule has 1 aliphatic rings. The van der Waals surface area contributed by atoms with E-state index in [1.165, 1.54) is 6.42 Å². The number of aromatic nitrogens is 1. The van der Waals surface area contributed by atoms with Crippen LogP contribution in [0.15, 0.2) is 35.8 Å². The lowest BCUT2D eigenvalue weighted by Gasteiger charge is -2.26. The Morgan fingerprint density at radius 3 is 2.41 bits per heavy atom. The van der Waals surface area contributed by atoms with Crippen molar-refractivity contribution in [1.82, 2.24) is 9.47 Å². The zero-order valence-corrected chi connectivity index (χ0v) is 17.3. The second kappa shape index (κ2) is 9.02. The van der Waals surface area contributed by atoms with Crippen LogP contribution in [0.1, 0.15) is 66.3 Å². The molecule has 1 aromatic carbocycles. The van der Waals surface area contributed by atoms with Crippen LogP contribution in [-0.4, -0.2) is 41.6 Å². The Hall–Kier alpha value is -2.97. The smallest absolute Gasteiger partial charge is 0.180 e. The Bertz CT molecular complexity index is 954. The Balaban J connectivity index is 2.15. The summed E-state index contributed by atoms with van der Waals surface area (Å²) in [6.45, 7) is 14.2. The molecule has 0 N–H and O–H groups in total. The molecule has 5 nitrogen and oxygen atoms in total. The quantitative estimate of drug-likeness (QED) is 0.489. The standard InChI is InChI=1S/C24H28N4O/c1-5-20-23(26-4)22(21(29)16-27-13-7-6-8-14-27)24(17(2)3)28(20)19-11-9-18(15-25)10-12-19/h5,9-12,17H,1,4,6-8,13-14,16H2,2-3H3. The van der Waals surface area contributed by atoms with Crippen LogP contribution >= 0.6 is 0 Å². The molecule has 2 heterocycles. The fourth-order valence-electron chi connectivity index (χ4n) is 4.13. The van der Waals surface area contributed by atoms with Gasteiger partial charge in [-0.2, -0.15) is 5.26 Å². The third-order valence-corrected chi connectivity index (χ3v) is 5.47. The van der Waals surface area contributed by atoms with Crippen molar-refractivity contribution in [2.45, 2.75) is 39.0 Å². The Labute approximate surface area is 173 Å². The van der Waals surface area contributed by atoms with Crippen molar-refractivity contribution in [1.29, 1.82) is 5.26 Å². The molecule has 1 aromatic heterocycles. The molecule has 3 rings (SSSR count). The van der Waals surface area contributed by atoms with Gasteiger partial charge in [-0.15, -0.1) is 0 Å². The molecule has 0 spiro atoms. The van der Waals surface area contributed by atoms with Crippen LogP contribution in [0.5, 0.6) is 0 Å². The van der Waals surface area contributed by atoms with Crippen LogP contribution in [-0.2, 0) is 0 Å². The average Bonchev–Trinajstić information content (AvgIpc) is 3.09. The van der Waals surface area contributed by atoms with Gasteiger partial charge in [-0.05, 0) is 68.9 Å². The fraction of sp³-hybridized carbons (Fsp3) is 0.375. The van der Waals surface area contributed by atoms with Gasteiger partial charge in [0.25, 0.3) is 0 Å². The van der Waals surface area contributed by atoms with Gasteiger partial charge in [-0.3, -0.25) is 14.7 Å². The second-order valence-corrected chi connectivity index (χ2v) is 7.77. The summed E-state index contributed by atoms with van der Waals surface area (Å²) in [6.07, 6.45) is 5.24. The molecule has 0 saturated carbocycles. The normalized spacial score (nSPS) is 14.6. The summed E-state index contributed by atoms with van der Waals surface area (Å²) in [7, 11) is 0. The molecule has 5 heteroatoms. The topological polar surface area (TPSA) is 61.4 Å². The van der Waals surface area contributed by atoms with E-state index in [0.717, 1.165) is 43.0 Å². The number of nitrogens with zero attached hydrogens (tertiary/aromatic N) is 4. The largest absolute Gasteiger partial charge is 0.311 e. The van der Waals surface area contributed by atoms with E-state index in [9.17, 15) is 4.79 Å². The first kappa shape index (κ1) is 20.8. The SMILES string of the molecule is C=Cc1c(N=C)c(C(=O)CN2CCCCC2)c(C(C)C)n1-c1ccc(C#N)cc1. The first-order chi connectivity index (χ1) is 14.0. The Kier molecular flexibility index (Phi) is 6.46. The lowest BCUT2D eigenvalue weighted by molar-refractivity contribution is 0.0915. The summed E-state index contributed by atoms with van der Waals surface area (Å²) in [5, 5.41) is 9.11. The number of carbonyl (C=O) groups is 1. The maximum Gasteiger partial charge on any atom is 0.180 e. The number of ketones is 1. The number of likely N-dealkylation sites (tertiary alicyclic amines) is 1. The zero-order valence-electron chi connectivity index (χ0n) is 17.3. The molecule has 1 fully saturated rings. The summed E-state index contributed by atoms with van der Waals surface area (Å²) in [6, 6.07) is 9.49. The molecular weight excluding hydrogens is 360 g/mol. The van der Waals surface area contributed by atoms with Crippen molar-refractivity contribution in [3.63, 3.8) is 0 Å². The van der Waals surface area contributed by atoms with E-state index in [-0.39, 0.29) is 11.7 Å². The first-order valence-electron chi connectivity index (χ1n) is 10.2. The summed E-state index contributed by atoms with van der Waals surface area (Å²) in [5.41, 5.74) is 4.37. The van der Waals surface area contributed by atoms with Crippen LogP contribution in [0.25, 0.3) is 11.8 Å². The minimum Gasteiger partial charge on any atom is -0.311 e. The van der Waals surface area contributed by atoms with Crippen molar-refractivity contribution < 1.29 is 4.79 Å². The minimum atomic E-state index is 0.0773. The highest BCUT2D eigenvalue weighted by Crippen LogP contribution is 2.38. The number of rotatable bonds is 7. The molecule has 150 valence electrons. The average molecular weight is 389 g/mol. The highest BCUT2D eigenvalue weighted by molar-refractivity contribution is 6.05. The molecule has 0 amide bonds. The number of hydrogen-bond acceptors (Lipinski definition) is 4. The van der Waals surface area contributed by atoms with Crippen LogP contribution in [0, 0.1) is 11.3 Å². The van der Waals surface area contributed by atoms with E-state index < -0.39 is 0 Å². The number of Topliss-reactive ketones (excluding diaryl/α,β-unsaturated/α-hetero) is 1. The summed E-state index contributed by atoms with van der Waals surface area (Å²) in [4.78, 5) is 19.9. The molecule has 0 radical (unpaired) electrons. The molecule has 2 aromatic rings. The summed E-state index contributed by atoms with van der Waals surface area (Å²) in [5.74, 6) is 0.175. The molecule has 1 saturated heterocycles. The van der Waals surface area contributed by atoms with Crippen molar-refractivity contribution in [2.75, 3.05) is 19.6 Å². The molecule has 29 heavy (non-hydrogen) atoms. The van der Waals surface area contributed by atoms with E-state index in [4.69, 9.17) is 5.26 Å². The highest BCUT2D eigenvalue weighted by atomic mass is 16.1. The summed E-state index contributed by atoms with van der Waals surface area (Å²) >= 11 is 0. The van der Waals surface area contributed by atoms with Crippen molar-refractivity contribution in [3.8, 4) is 11.8 Å². The molecular formula is C24H28N4O. The Morgan fingerprint density at radius 1 is 1.24 bits per heavy atom. The third-order valence-electron chi connectivity index (χ3n) is 5.47. The van der Waals surface area contributed by atoms with E-state index in [0.29, 0.717) is 23.4 Å². The van der Waals surface area contributed by atoms with Gasteiger partial charge in [0, 0.05) is 11.4 Å². The van der Waals surface area contributed by atoms with Gasteiger partial charge in [-0.1, -0.05) is 26.8 Å². The first-order valence-corrected chi connectivity index (χ1v) is 10.2. The predicted molar refractivity (Wildman–Crippen MR) is 118 cm³/mol. The maximum atomic E-state index is 13.4. The predicted octanol–water partition coefficient (Wildman–Crippen LogP) is 5.12. The lowest BCUT2D eigenvalue weighted by atomic mass is 10.00. The molecule has 0 bridgehead atoms. The number of benzene rings is 1. The molecule has 0 atom stereocenters. The van der Waals surface area contributed by atoms with Crippen molar-refractivity contribution in [2.24, 2.45) is 4.99 Å². The van der Waals surface area contributed by atoms with E-state index in [1.807, 2.05) is 16.7 Å². The maximum absolute atomic E-state index is 13.4. The van der Waals surface area contributed by atoms with Gasteiger partial charge >= 0.3 is 0 Å².